The topological polar surface area (TPSA) is 50.4 Å². The van der Waals surface area contributed by atoms with Gasteiger partial charge in [-0.1, -0.05) is 12.2 Å². The largest absolute Gasteiger partial charge is 0.378 e. The van der Waals surface area contributed by atoms with Gasteiger partial charge in [0.05, 0.1) is 4.99 Å². The van der Waals surface area contributed by atoms with Crippen molar-refractivity contribution < 1.29 is 9.53 Å². The Morgan fingerprint density at radius 2 is 2.16 bits per heavy atom. The van der Waals surface area contributed by atoms with Crippen LogP contribution in [0, 0.1) is 0 Å². The van der Waals surface area contributed by atoms with Crippen molar-refractivity contribution in [2.75, 3.05) is 25.4 Å². The van der Waals surface area contributed by atoms with Gasteiger partial charge in [-0.25, -0.2) is 0 Å². The van der Waals surface area contributed by atoms with Gasteiger partial charge in [-0.15, -0.1) is 11.8 Å². The Hall–Kier alpha value is -0.330. The lowest BCUT2D eigenvalue weighted by molar-refractivity contribution is -0.118. The molecule has 1 saturated heterocycles. The predicted molar refractivity (Wildman–Crippen MR) is 84.6 cm³/mol. The van der Waals surface area contributed by atoms with Gasteiger partial charge in [0.25, 0.3) is 0 Å². The molecular weight excluding hydrogens is 280 g/mol. The molecule has 19 heavy (non-hydrogen) atoms. The molecule has 0 aliphatic carbocycles. The second-order valence-corrected chi connectivity index (χ2v) is 6.36. The summed E-state index contributed by atoms with van der Waals surface area (Å²) >= 11 is 7.14. The maximum absolute atomic E-state index is 10.7. The number of carbonyl (C=O) groups excluding carboxylic acids is 1. The van der Waals surface area contributed by atoms with Gasteiger partial charge in [-0.05, 0) is 37.9 Å². The van der Waals surface area contributed by atoms with Gasteiger partial charge in [0, 0.05) is 26.6 Å². The summed E-state index contributed by atoms with van der Waals surface area (Å²) in [6.45, 7) is 3.76. The highest BCUT2D eigenvalue weighted by Crippen LogP contribution is 2.23. The summed E-state index contributed by atoms with van der Waals surface area (Å²) in [7, 11) is 0. The van der Waals surface area contributed by atoms with Crippen molar-refractivity contribution in [3.05, 3.63) is 0 Å². The van der Waals surface area contributed by atoms with Crippen LogP contribution in [0.2, 0.25) is 0 Å². The molecule has 0 aromatic heterocycles. The van der Waals surface area contributed by atoms with Gasteiger partial charge >= 0.3 is 0 Å². The summed E-state index contributed by atoms with van der Waals surface area (Å²) in [6, 6.07) is 0. The first-order valence-electron chi connectivity index (χ1n) is 6.93. The number of nitrogens with one attached hydrogen (secondary N) is 2. The maximum Gasteiger partial charge on any atom is 0.216 e. The third-order valence-electron chi connectivity index (χ3n) is 2.81. The molecule has 1 amide bonds. The van der Waals surface area contributed by atoms with Gasteiger partial charge in [0.1, 0.15) is 5.44 Å². The fourth-order valence-corrected chi connectivity index (χ4v) is 3.17. The second kappa shape index (κ2) is 10.5. The Balaban J connectivity index is 1.90. The first-order chi connectivity index (χ1) is 9.18. The number of rotatable bonds is 8. The molecule has 0 bridgehead atoms. The average Bonchev–Trinajstić information content (AvgIpc) is 2.41. The summed E-state index contributed by atoms with van der Waals surface area (Å²) in [5.74, 6) is 1.09. The summed E-state index contributed by atoms with van der Waals surface area (Å²) in [6.07, 6.45) is 5.68. The normalized spacial score (nSPS) is 18.9. The van der Waals surface area contributed by atoms with Crippen LogP contribution in [0.25, 0.3) is 0 Å². The highest BCUT2D eigenvalue weighted by molar-refractivity contribution is 7.99. The molecule has 2 N–H and O–H groups in total. The van der Waals surface area contributed by atoms with Crippen LogP contribution >= 0.6 is 24.0 Å². The molecule has 0 radical (unpaired) electrons. The Morgan fingerprint density at radius 3 is 2.84 bits per heavy atom. The van der Waals surface area contributed by atoms with Crippen molar-refractivity contribution in [3.8, 4) is 0 Å². The van der Waals surface area contributed by atoms with E-state index in [9.17, 15) is 4.79 Å². The van der Waals surface area contributed by atoms with Crippen molar-refractivity contribution in [2.45, 2.75) is 44.5 Å². The Bertz CT molecular complexity index is 282. The van der Waals surface area contributed by atoms with E-state index in [-0.39, 0.29) is 5.91 Å². The van der Waals surface area contributed by atoms with Crippen LogP contribution in [0.5, 0.6) is 0 Å². The molecule has 6 heteroatoms. The molecule has 1 aliphatic heterocycles. The van der Waals surface area contributed by atoms with Crippen LogP contribution in [-0.4, -0.2) is 41.8 Å². The van der Waals surface area contributed by atoms with E-state index in [2.05, 4.69) is 10.6 Å². The molecule has 1 fully saturated rings. The molecule has 1 heterocycles. The second-order valence-electron chi connectivity index (χ2n) is 4.60. The van der Waals surface area contributed by atoms with Crippen molar-refractivity contribution in [1.82, 2.24) is 10.6 Å². The SMILES string of the molecule is CC(=O)NCCNC(=S)CCCSC1CCCCO1. The van der Waals surface area contributed by atoms with E-state index in [1.165, 1.54) is 26.2 Å². The molecule has 110 valence electrons. The molecule has 4 nitrogen and oxygen atoms in total. The quantitative estimate of drug-likeness (QED) is 0.531. The molecular formula is C13H24N2O2S2. The minimum absolute atomic E-state index is 0.00315. The Morgan fingerprint density at radius 1 is 1.37 bits per heavy atom. The van der Waals surface area contributed by atoms with Crippen LogP contribution in [0.15, 0.2) is 0 Å². The number of thioether (sulfide) groups is 1. The fraction of sp³-hybridized carbons (Fsp3) is 0.846. The maximum atomic E-state index is 10.7. The van der Waals surface area contributed by atoms with E-state index in [4.69, 9.17) is 17.0 Å². The van der Waals surface area contributed by atoms with Gasteiger partial charge < -0.3 is 15.4 Å². The third-order valence-corrected chi connectivity index (χ3v) is 4.43. The van der Waals surface area contributed by atoms with E-state index in [0.29, 0.717) is 18.5 Å². The fourth-order valence-electron chi connectivity index (χ4n) is 1.82. The molecule has 0 aromatic carbocycles. The van der Waals surface area contributed by atoms with Crippen molar-refractivity contribution >= 4 is 34.9 Å². The van der Waals surface area contributed by atoms with E-state index in [1.807, 2.05) is 11.8 Å². The standard InChI is InChI=1S/C13H24N2O2S2/c1-11(16)14-7-8-15-12(18)5-4-10-19-13-6-2-3-9-17-13/h13H,2-10H2,1H3,(H,14,16)(H,15,18). The Kier molecular flexibility index (Phi) is 9.20. The zero-order chi connectivity index (χ0) is 13.9. The number of thiocarbonyl (C=S) groups is 1. The Labute approximate surface area is 125 Å². The molecule has 1 rings (SSSR count). The lowest BCUT2D eigenvalue weighted by Crippen LogP contribution is -2.32. The van der Waals surface area contributed by atoms with Gasteiger partial charge in [-0.3, -0.25) is 4.79 Å². The predicted octanol–water partition coefficient (Wildman–Crippen LogP) is 2.08. The van der Waals surface area contributed by atoms with E-state index >= 15 is 0 Å². The van der Waals surface area contributed by atoms with E-state index in [0.717, 1.165) is 30.2 Å². The smallest absolute Gasteiger partial charge is 0.216 e. The van der Waals surface area contributed by atoms with Crippen molar-refractivity contribution in [2.24, 2.45) is 0 Å². The summed E-state index contributed by atoms with van der Waals surface area (Å²) in [5, 5.41) is 5.88. The minimum atomic E-state index is -0.00315. The van der Waals surface area contributed by atoms with Crippen LogP contribution in [0.4, 0.5) is 0 Å². The number of ether oxygens (including phenoxy) is 1. The number of hydrogen-bond acceptors (Lipinski definition) is 4. The summed E-state index contributed by atoms with van der Waals surface area (Å²) < 4.78 is 5.66. The summed E-state index contributed by atoms with van der Waals surface area (Å²) in [5.41, 5.74) is 0.398. The molecule has 1 aliphatic rings. The van der Waals surface area contributed by atoms with Gasteiger partial charge in [0.2, 0.25) is 5.91 Å². The number of carbonyl (C=O) groups is 1. The molecule has 0 aromatic rings. The van der Waals surface area contributed by atoms with E-state index < -0.39 is 0 Å². The average molecular weight is 304 g/mol. The highest BCUT2D eigenvalue weighted by atomic mass is 32.2. The first-order valence-corrected chi connectivity index (χ1v) is 8.38. The minimum Gasteiger partial charge on any atom is -0.378 e. The number of amides is 1. The lowest BCUT2D eigenvalue weighted by atomic mass is 10.2. The summed E-state index contributed by atoms with van der Waals surface area (Å²) in [4.78, 5) is 11.5. The van der Waals surface area contributed by atoms with E-state index in [1.54, 1.807) is 0 Å². The zero-order valence-electron chi connectivity index (χ0n) is 11.6. The van der Waals surface area contributed by atoms with Gasteiger partial charge in [0.15, 0.2) is 0 Å². The monoisotopic (exact) mass is 304 g/mol. The highest BCUT2D eigenvalue weighted by Gasteiger charge is 2.13. The van der Waals surface area contributed by atoms with Gasteiger partial charge in [-0.2, -0.15) is 0 Å². The zero-order valence-corrected chi connectivity index (χ0v) is 13.2. The molecule has 0 saturated carbocycles. The van der Waals surface area contributed by atoms with Crippen LogP contribution in [0.1, 0.15) is 39.0 Å². The van der Waals surface area contributed by atoms with Crippen LogP contribution < -0.4 is 10.6 Å². The lowest BCUT2D eigenvalue weighted by Gasteiger charge is -2.21. The molecule has 1 unspecified atom stereocenters. The first kappa shape index (κ1) is 16.7. The van der Waals surface area contributed by atoms with Crippen LogP contribution in [0.3, 0.4) is 0 Å². The van der Waals surface area contributed by atoms with Crippen molar-refractivity contribution in [3.63, 3.8) is 0 Å². The van der Waals surface area contributed by atoms with Crippen LogP contribution in [-0.2, 0) is 9.53 Å². The number of hydrogen-bond donors (Lipinski definition) is 2. The third kappa shape index (κ3) is 9.24. The van der Waals surface area contributed by atoms with Crippen molar-refractivity contribution in [1.29, 1.82) is 0 Å². The molecule has 1 atom stereocenters. The molecule has 0 spiro atoms.